The van der Waals surface area contributed by atoms with Crippen LogP contribution in [0, 0.1) is 18.3 Å². The summed E-state index contributed by atoms with van der Waals surface area (Å²) in [6.45, 7) is 2.03. The Morgan fingerprint density at radius 1 is 1.45 bits per heavy atom. The summed E-state index contributed by atoms with van der Waals surface area (Å²) in [5.41, 5.74) is 0.988. The Morgan fingerprint density at radius 2 is 2.25 bits per heavy atom. The molecule has 20 heavy (non-hydrogen) atoms. The zero-order valence-corrected chi connectivity index (χ0v) is 11.5. The van der Waals surface area contributed by atoms with Crippen LogP contribution in [0.2, 0.25) is 0 Å². The molecule has 0 aliphatic heterocycles. The number of benzene rings is 1. The Labute approximate surface area is 119 Å². The molecule has 0 amide bonds. The van der Waals surface area contributed by atoms with E-state index >= 15 is 0 Å². The second-order valence-electron chi connectivity index (χ2n) is 4.37. The van der Waals surface area contributed by atoms with Crippen molar-refractivity contribution < 1.29 is 4.79 Å². The summed E-state index contributed by atoms with van der Waals surface area (Å²) in [5, 5.41) is 17.3. The fourth-order valence-corrected chi connectivity index (χ4v) is 3.26. The fourth-order valence-electron chi connectivity index (χ4n) is 2.12. The van der Waals surface area contributed by atoms with E-state index in [4.69, 9.17) is 5.26 Å². The standard InChI is InChI=1S/C14H10N4OS/c1-9-10-4-2-3-5-12(10)20-14(9)11(19)7-18-8-16-17-13(18)6-15/h2-5,8H,7H2,1H3. The lowest BCUT2D eigenvalue weighted by Gasteiger charge is -2.01. The Balaban J connectivity index is 1.97. The SMILES string of the molecule is Cc1c(C(=O)Cn2cnnc2C#N)sc2ccccc12. The Kier molecular flexibility index (Phi) is 3.05. The third-order valence-electron chi connectivity index (χ3n) is 3.13. The number of aromatic nitrogens is 3. The predicted octanol–water partition coefficient (Wildman–Crippen LogP) is 2.56. The molecule has 0 aliphatic rings. The van der Waals surface area contributed by atoms with Gasteiger partial charge < -0.3 is 0 Å². The fraction of sp³-hybridized carbons (Fsp3) is 0.143. The number of nitriles is 1. The average molecular weight is 282 g/mol. The second kappa shape index (κ2) is 4.87. The number of hydrogen-bond acceptors (Lipinski definition) is 5. The quantitative estimate of drug-likeness (QED) is 0.692. The highest BCUT2D eigenvalue weighted by atomic mass is 32.1. The van der Waals surface area contributed by atoms with Gasteiger partial charge in [-0.3, -0.25) is 9.36 Å². The average Bonchev–Trinajstić information content (AvgIpc) is 3.04. The molecule has 0 radical (unpaired) electrons. The number of Topliss-reactive ketones (excluding diaryl/α,β-unsaturated/α-hetero) is 1. The molecule has 0 fully saturated rings. The maximum absolute atomic E-state index is 12.4. The summed E-state index contributed by atoms with van der Waals surface area (Å²) >= 11 is 1.48. The lowest BCUT2D eigenvalue weighted by molar-refractivity contribution is 0.0975. The molecule has 3 aromatic rings. The summed E-state index contributed by atoms with van der Waals surface area (Å²) in [5.74, 6) is 0.122. The van der Waals surface area contributed by atoms with Crippen LogP contribution in [0.3, 0.4) is 0 Å². The first-order valence-corrected chi connectivity index (χ1v) is 6.81. The highest BCUT2D eigenvalue weighted by Gasteiger charge is 2.17. The summed E-state index contributed by atoms with van der Waals surface area (Å²) in [7, 11) is 0. The Morgan fingerprint density at radius 3 is 3.00 bits per heavy atom. The molecule has 2 aromatic heterocycles. The molecule has 0 unspecified atom stereocenters. The Bertz CT molecular complexity index is 840. The van der Waals surface area contributed by atoms with Gasteiger partial charge in [0.25, 0.3) is 0 Å². The molecular weight excluding hydrogens is 272 g/mol. The van der Waals surface area contributed by atoms with Crippen molar-refractivity contribution >= 4 is 27.2 Å². The topological polar surface area (TPSA) is 71.6 Å². The van der Waals surface area contributed by atoms with Crippen molar-refractivity contribution in [2.45, 2.75) is 13.5 Å². The number of carbonyl (C=O) groups is 1. The first-order chi connectivity index (χ1) is 9.70. The monoisotopic (exact) mass is 282 g/mol. The number of rotatable bonds is 3. The number of fused-ring (bicyclic) bond motifs is 1. The molecular formula is C14H10N4OS. The summed E-state index contributed by atoms with van der Waals surface area (Å²) < 4.78 is 2.56. The van der Waals surface area contributed by atoms with Crippen molar-refractivity contribution in [3.8, 4) is 6.07 Å². The van der Waals surface area contributed by atoms with Gasteiger partial charge in [-0.05, 0) is 23.9 Å². The van der Waals surface area contributed by atoms with Crippen LogP contribution in [0.5, 0.6) is 0 Å². The summed E-state index contributed by atoms with van der Waals surface area (Å²) in [6.07, 6.45) is 1.40. The van der Waals surface area contributed by atoms with E-state index in [2.05, 4.69) is 10.2 Å². The van der Waals surface area contributed by atoms with Crippen molar-refractivity contribution in [2.75, 3.05) is 0 Å². The van der Waals surface area contributed by atoms with Gasteiger partial charge >= 0.3 is 0 Å². The van der Waals surface area contributed by atoms with Crippen LogP contribution in [-0.2, 0) is 6.54 Å². The lowest BCUT2D eigenvalue weighted by Crippen LogP contribution is -2.11. The van der Waals surface area contributed by atoms with Gasteiger partial charge in [-0.15, -0.1) is 21.5 Å². The molecule has 0 spiro atoms. The summed E-state index contributed by atoms with van der Waals surface area (Å²) in [6, 6.07) is 9.85. The minimum absolute atomic E-state index is 0.0278. The minimum Gasteiger partial charge on any atom is -0.297 e. The van der Waals surface area contributed by atoms with E-state index in [-0.39, 0.29) is 18.2 Å². The third kappa shape index (κ3) is 1.98. The van der Waals surface area contributed by atoms with E-state index in [1.54, 1.807) is 0 Å². The van der Waals surface area contributed by atoms with Crippen LogP contribution >= 0.6 is 11.3 Å². The molecule has 6 heteroatoms. The van der Waals surface area contributed by atoms with Gasteiger partial charge in [0.1, 0.15) is 12.4 Å². The molecule has 3 rings (SSSR count). The smallest absolute Gasteiger partial charge is 0.235 e. The van der Waals surface area contributed by atoms with Crippen molar-refractivity contribution in [2.24, 2.45) is 0 Å². The van der Waals surface area contributed by atoms with Crippen LogP contribution in [0.25, 0.3) is 10.1 Å². The molecule has 0 saturated heterocycles. The molecule has 1 aromatic carbocycles. The largest absolute Gasteiger partial charge is 0.297 e. The number of ketones is 1. The second-order valence-corrected chi connectivity index (χ2v) is 5.42. The molecule has 5 nitrogen and oxygen atoms in total. The number of aryl methyl sites for hydroxylation is 1. The zero-order chi connectivity index (χ0) is 14.1. The molecule has 2 heterocycles. The van der Waals surface area contributed by atoms with Gasteiger partial charge in [0.05, 0.1) is 11.4 Å². The minimum atomic E-state index is -0.0278. The first-order valence-electron chi connectivity index (χ1n) is 6.00. The van der Waals surface area contributed by atoms with Gasteiger partial charge in [-0.1, -0.05) is 18.2 Å². The number of nitrogens with zero attached hydrogens (tertiary/aromatic N) is 4. The van der Waals surface area contributed by atoms with Gasteiger partial charge in [0.15, 0.2) is 5.78 Å². The van der Waals surface area contributed by atoms with Crippen LogP contribution < -0.4 is 0 Å². The third-order valence-corrected chi connectivity index (χ3v) is 4.44. The van der Waals surface area contributed by atoms with Gasteiger partial charge in [0, 0.05) is 4.70 Å². The van der Waals surface area contributed by atoms with E-state index in [0.29, 0.717) is 0 Å². The van der Waals surface area contributed by atoms with Crippen LogP contribution in [0.1, 0.15) is 21.1 Å². The van der Waals surface area contributed by atoms with E-state index in [1.807, 2.05) is 37.3 Å². The Hall–Kier alpha value is -2.52. The van der Waals surface area contributed by atoms with Gasteiger partial charge in [-0.2, -0.15) is 5.26 Å². The molecule has 0 atom stereocenters. The maximum Gasteiger partial charge on any atom is 0.235 e. The highest BCUT2D eigenvalue weighted by Crippen LogP contribution is 2.31. The molecule has 0 N–H and O–H groups in total. The number of carbonyl (C=O) groups excluding carboxylic acids is 1. The highest BCUT2D eigenvalue weighted by molar-refractivity contribution is 7.21. The maximum atomic E-state index is 12.4. The van der Waals surface area contributed by atoms with Crippen LogP contribution in [0.4, 0.5) is 0 Å². The van der Waals surface area contributed by atoms with E-state index in [1.165, 1.54) is 22.2 Å². The van der Waals surface area contributed by atoms with Crippen molar-refractivity contribution in [3.63, 3.8) is 0 Å². The molecule has 98 valence electrons. The van der Waals surface area contributed by atoms with Crippen molar-refractivity contribution in [3.05, 3.63) is 46.9 Å². The van der Waals surface area contributed by atoms with Gasteiger partial charge in [0.2, 0.25) is 5.82 Å². The predicted molar refractivity (Wildman–Crippen MR) is 75.6 cm³/mol. The van der Waals surface area contributed by atoms with Crippen LogP contribution in [0.15, 0.2) is 30.6 Å². The number of thiophene rings is 1. The number of hydrogen-bond donors (Lipinski definition) is 0. The van der Waals surface area contributed by atoms with E-state index in [9.17, 15) is 4.79 Å². The van der Waals surface area contributed by atoms with Crippen molar-refractivity contribution in [1.29, 1.82) is 5.26 Å². The van der Waals surface area contributed by atoms with Gasteiger partial charge in [-0.25, -0.2) is 0 Å². The molecule has 0 bridgehead atoms. The van der Waals surface area contributed by atoms with E-state index in [0.717, 1.165) is 20.5 Å². The molecule has 0 saturated carbocycles. The summed E-state index contributed by atoms with van der Waals surface area (Å²) in [4.78, 5) is 13.1. The van der Waals surface area contributed by atoms with Crippen molar-refractivity contribution in [1.82, 2.24) is 14.8 Å². The van der Waals surface area contributed by atoms with Crippen LogP contribution in [-0.4, -0.2) is 20.5 Å². The van der Waals surface area contributed by atoms with E-state index < -0.39 is 0 Å². The first kappa shape index (κ1) is 12.5. The molecule has 0 aliphatic carbocycles. The lowest BCUT2D eigenvalue weighted by atomic mass is 10.1. The normalized spacial score (nSPS) is 10.6. The zero-order valence-electron chi connectivity index (χ0n) is 10.7.